The average molecular weight is 373 g/mol. The van der Waals surface area contributed by atoms with Crippen LogP contribution in [0.4, 0.5) is 0 Å². The van der Waals surface area contributed by atoms with E-state index in [0.29, 0.717) is 23.7 Å². The fourth-order valence-corrected chi connectivity index (χ4v) is 5.26. The number of morpholine rings is 1. The third kappa shape index (κ3) is 3.49. The van der Waals surface area contributed by atoms with Crippen LogP contribution in [0.3, 0.4) is 0 Å². The number of hydrogen-bond acceptors (Lipinski definition) is 3. The van der Waals surface area contributed by atoms with Gasteiger partial charge in [-0.3, -0.25) is 0 Å². The number of rotatable bonds is 3. The van der Waals surface area contributed by atoms with Crippen LogP contribution >= 0.6 is 34.8 Å². The second-order valence-electron chi connectivity index (χ2n) is 5.05. The monoisotopic (exact) mass is 371 g/mol. The molecule has 118 valence electrons. The minimum absolute atomic E-state index is 0.0329. The van der Waals surface area contributed by atoms with E-state index in [-0.39, 0.29) is 28.0 Å². The van der Waals surface area contributed by atoms with Gasteiger partial charge in [0.1, 0.15) is 4.90 Å². The molecular weight excluding hydrogens is 357 g/mol. The van der Waals surface area contributed by atoms with Crippen molar-refractivity contribution in [3.05, 3.63) is 27.7 Å². The van der Waals surface area contributed by atoms with E-state index in [9.17, 15) is 8.42 Å². The molecule has 21 heavy (non-hydrogen) atoms. The number of hydrogen-bond donors (Lipinski definition) is 0. The van der Waals surface area contributed by atoms with Crippen LogP contribution < -0.4 is 0 Å². The number of ether oxygens (including phenoxy) is 1. The van der Waals surface area contributed by atoms with Crippen molar-refractivity contribution in [3.8, 4) is 0 Å². The van der Waals surface area contributed by atoms with E-state index in [4.69, 9.17) is 39.5 Å². The molecule has 0 unspecified atom stereocenters. The SMILES string of the molecule is C[C@@H]1CN(S(=O)(=O)c2ccc(Cl)c(CCl)c2Cl)C[C@H](C)O1. The van der Waals surface area contributed by atoms with Gasteiger partial charge in [0.2, 0.25) is 10.0 Å². The number of halogens is 3. The van der Waals surface area contributed by atoms with E-state index in [1.807, 2.05) is 13.8 Å². The van der Waals surface area contributed by atoms with E-state index in [1.165, 1.54) is 16.4 Å². The summed E-state index contributed by atoms with van der Waals surface area (Å²) in [6.45, 7) is 4.27. The first-order chi connectivity index (χ1) is 9.77. The van der Waals surface area contributed by atoms with Gasteiger partial charge in [-0.2, -0.15) is 4.31 Å². The summed E-state index contributed by atoms with van der Waals surface area (Å²) in [5.74, 6) is 0.0525. The first-order valence-electron chi connectivity index (χ1n) is 6.45. The maximum absolute atomic E-state index is 12.8. The average Bonchev–Trinajstić information content (AvgIpc) is 2.37. The van der Waals surface area contributed by atoms with Crippen LogP contribution in [-0.2, 0) is 20.6 Å². The van der Waals surface area contributed by atoms with Crippen LogP contribution in [0.1, 0.15) is 19.4 Å². The molecule has 0 spiro atoms. The summed E-state index contributed by atoms with van der Waals surface area (Å²) in [4.78, 5) is 0.0329. The zero-order valence-corrected chi connectivity index (χ0v) is 14.7. The smallest absolute Gasteiger partial charge is 0.244 e. The quantitative estimate of drug-likeness (QED) is 0.763. The molecule has 0 amide bonds. The molecule has 1 aliphatic rings. The van der Waals surface area contributed by atoms with Crippen LogP contribution in [0.5, 0.6) is 0 Å². The number of sulfonamides is 1. The van der Waals surface area contributed by atoms with Crippen molar-refractivity contribution in [2.75, 3.05) is 13.1 Å². The fraction of sp³-hybridized carbons (Fsp3) is 0.538. The lowest BCUT2D eigenvalue weighted by molar-refractivity contribution is -0.0440. The molecule has 0 saturated carbocycles. The summed E-state index contributed by atoms with van der Waals surface area (Å²) in [6.07, 6.45) is -0.329. The third-order valence-electron chi connectivity index (χ3n) is 3.29. The zero-order valence-electron chi connectivity index (χ0n) is 11.6. The maximum atomic E-state index is 12.8. The summed E-state index contributed by atoms with van der Waals surface area (Å²) in [5, 5.41) is 0.446. The normalized spacial score (nSPS) is 24.2. The van der Waals surface area contributed by atoms with Crippen molar-refractivity contribution >= 4 is 44.8 Å². The van der Waals surface area contributed by atoms with Crippen LogP contribution in [0.2, 0.25) is 10.0 Å². The molecule has 0 radical (unpaired) electrons. The Morgan fingerprint density at radius 3 is 2.33 bits per heavy atom. The Labute approximate surface area is 140 Å². The Morgan fingerprint density at radius 2 is 1.81 bits per heavy atom. The van der Waals surface area contributed by atoms with Crippen molar-refractivity contribution in [2.45, 2.75) is 36.8 Å². The highest BCUT2D eigenvalue weighted by Gasteiger charge is 2.34. The van der Waals surface area contributed by atoms with Gasteiger partial charge < -0.3 is 4.74 Å². The Morgan fingerprint density at radius 1 is 1.24 bits per heavy atom. The lowest BCUT2D eigenvalue weighted by atomic mass is 10.2. The molecular formula is C13H16Cl3NO3S. The Bertz CT molecular complexity index is 626. The Balaban J connectivity index is 2.45. The van der Waals surface area contributed by atoms with Gasteiger partial charge in [0, 0.05) is 23.7 Å². The second kappa shape index (κ2) is 6.60. The molecule has 0 aliphatic carbocycles. The largest absolute Gasteiger partial charge is 0.373 e. The van der Waals surface area contributed by atoms with Crippen LogP contribution in [0.25, 0.3) is 0 Å². The molecule has 0 aromatic heterocycles. The highest BCUT2D eigenvalue weighted by Crippen LogP contribution is 2.34. The number of alkyl halides is 1. The lowest BCUT2D eigenvalue weighted by Gasteiger charge is -2.34. The molecule has 0 N–H and O–H groups in total. The molecule has 1 heterocycles. The Hall–Kier alpha value is -0.0400. The van der Waals surface area contributed by atoms with E-state index in [0.717, 1.165) is 0 Å². The van der Waals surface area contributed by atoms with Crippen LogP contribution in [0, 0.1) is 0 Å². The van der Waals surface area contributed by atoms with Gasteiger partial charge >= 0.3 is 0 Å². The van der Waals surface area contributed by atoms with Crippen LogP contribution in [0.15, 0.2) is 17.0 Å². The molecule has 1 saturated heterocycles. The summed E-state index contributed by atoms with van der Waals surface area (Å²) < 4.78 is 32.5. The van der Waals surface area contributed by atoms with Gasteiger partial charge in [-0.1, -0.05) is 23.2 Å². The summed E-state index contributed by atoms with van der Waals surface area (Å²) in [5.41, 5.74) is 0.426. The molecule has 1 fully saturated rings. The van der Waals surface area contributed by atoms with Gasteiger partial charge in [0.15, 0.2) is 0 Å². The van der Waals surface area contributed by atoms with E-state index in [1.54, 1.807) is 0 Å². The summed E-state index contributed by atoms with van der Waals surface area (Å²) in [7, 11) is -3.70. The Kier molecular flexibility index (Phi) is 5.45. The zero-order chi connectivity index (χ0) is 15.8. The summed E-state index contributed by atoms with van der Waals surface area (Å²) in [6, 6.07) is 2.92. The van der Waals surface area contributed by atoms with Gasteiger partial charge in [-0.05, 0) is 26.0 Å². The minimum atomic E-state index is -3.70. The molecule has 2 rings (SSSR count). The molecule has 1 aromatic carbocycles. The minimum Gasteiger partial charge on any atom is -0.373 e. The third-order valence-corrected chi connectivity index (χ3v) is 6.33. The van der Waals surface area contributed by atoms with Gasteiger partial charge in [-0.15, -0.1) is 11.6 Å². The molecule has 1 aliphatic heterocycles. The standard InChI is InChI=1S/C13H16Cl3NO3S/c1-8-6-17(7-9(2)20-8)21(18,19)12-4-3-11(15)10(5-14)13(12)16/h3-4,8-9H,5-7H2,1-2H3/t8-,9+. The maximum Gasteiger partial charge on any atom is 0.244 e. The van der Waals surface area contributed by atoms with Crippen molar-refractivity contribution < 1.29 is 13.2 Å². The lowest BCUT2D eigenvalue weighted by Crippen LogP contribution is -2.48. The first-order valence-corrected chi connectivity index (χ1v) is 9.19. The van der Waals surface area contributed by atoms with Gasteiger partial charge in [0.05, 0.1) is 23.1 Å². The number of benzene rings is 1. The van der Waals surface area contributed by atoms with Crippen LogP contribution in [-0.4, -0.2) is 38.0 Å². The molecule has 2 atom stereocenters. The summed E-state index contributed by atoms with van der Waals surface area (Å²) >= 11 is 18.0. The number of nitrogens with zero attached hydrogens (tertiary/aromatic N) is 1. The molecule has 0 bridgehead atoms. The van der Waals surface area contributed by atoms with Crippen molar-refractivity contribution in [3.63, 3.8) is 0 Å². The second-order valence-corrected chi connectivity index (χ2v) is 8.01. The van der Waals surface area contributed by atoms with Crippen molar-refractivity contribution in [1.82, 2.24) is 4.31 Å². The van der Waals surface area contributed by atoms with Crippen molar-refractivity contribution in [1.29, 1.82) is 0 Å². The van der Waals surface area contributed by atoms with Gasteiger partial charge in [0.25, 0.3) is 0 Å². The van der Waals surface area contributed by atoms with Crippen molar-refractivity contribution in [2.24, 2.45) is 0 Å². The highest BCUT2D eigenvalue weighted by atomic mass is 35.5. The van der Waals surface area contributed by atoms with E-state index >= 15 is 0 Å². The molecule has 8 heteroatoms. The van der Waals surface area contributed by atoms with E-state index < -0.39 is 10.0 Å². The van der Waals surface area contributed by atoms with E-state index in [2.05, 4.69) is 0 Å². The topological polar surface area (TPSA) is 46.6 Å². The highest BCUT2D eigenvalue weighted by molar-refractivity contribution is 7.89. The first kappa shape index (κ1) is 17.3. The molecule has 1 aromatic rings. The van der Waals surface area contributed by atoms with Gasteiger partial charge in [-0.25, -0.2) is 8.42 Å². The fourth-order valence-electron chi connectivity index (χ4n) is 2.36. The molecule has 4 nitrogen and oxygen atoms in total. The predicted octanol–water partition coefficient (Wildman–Crippen LogP) is 3.53. The predicted molar refractivity (Wildman–Crippen MR) is 84.8 cm³/mol.